The minimum absolute atomic E-state index is 0.0218. The van der Waals surface area contributed by atoms with Crippen molar-refractivity contribution in [3.63, 3.8) is 0 Å². The fourth-order valence-electron chi connectivity index (χ4n) is 2.91. The lowest BCUT2D eigenvalue weighted by Crippen LogP contribution is -2.42. The molecule has 0 aliphatic carbocycles. The average Bonchev–Trinajstić information content (AvgIpc) is 2.54. The molecule has 1 saturated heterocycles. The van der Waals surface area contributed by atoms with Gasteiger partial charge < -0.3 is 15.1 Å². The van der Waals surface area contributed by atoms with E-state index in [1.54, 1.807) is 0 Å². The first kappa shape index (κ1) is 16.7. The summed E-state index contributed by atoms with van der Waals surface area (Å²) in [4.78, 5) is 20.7. The van der Waals surface area contributed by atoms with Crippen molar-refractivity contribution in [2.24, 2.45) is 0 Å². The number of anilines is 1. The fourth-order valence-corrected chi connectivity index (χ4v) is 2.91. The maximum atomic E-state index is 11.5. The van der Waals surface area contributed by atoms with E-state index in [4.69, 9.17) is 0 Å². The number of nitrogens with zero attached hydrogens (tertiary/aromatic N) is 3. The van der Waals surface area contributed by atoms with Crippen LogP contribution in [0.15, 0.2) is 18.3 Å². The topological polar surface area (TPSA) is 48.5 Å². The minimum atomic E-state index is 0.0218. The van der Waals surface area contributed by atoms with Crippen LogP contribution < -0.4 is 10.2 Å². The van der Waals surface area contributed by atoms with Crippen molar-refractivity contribution in [2.75, 3.05) is 32.1 Å². The van der Waals surface area contributed by atoms with Gasteiger partial charge in [0.2, 0.25) is 5.91 Å². The van der Waals surface area contributed by atoms with Crippen LogP contribution in [0.5, 0.6) is 0 Å². The lowest BCUT2D eigenvalue weighted by atomic mass is 10.0. The van der Waals surface area contributed by atoms with Crippen molar-refractivity contribution >= 4 is 11.7 Å². The third kappa shape index (κ3) is 4.19. The van der Waals surface area contributed by atoms with Crippen LogP contribution in [0, 0.1) is 0 Å². The number of rotatable bonds is 5. The molecule has 0 aromatic carbocycles. The molecule has 0 bridgehead atoms. The zero-order valence-corrected chi connectivity index (χ0v) is 14.2. The third-order valence-corrected chi connectivity index (χ3v) is 4.49. The van der Waals surface area contributed by atoms with E-state index >= 15 is 0 Å². The minimum Gasteiger partial charge on any atom is -0.356 e. The summed E-state index contributed by atoms with van der Waals surface area (Å²) in [6.45, 7) is 5.96. The Morgan fingerprint density at radius 1 is 1.45 bits per heavy atom. The standard InChI is InChI=1S/C17H28N4O/c1-5-17(22)19-13(2)14-6-9-18-16(12-14)21-10-7-15(8-11-21)20(3)4/h6,9,12-13,15H,5,7-8,10-11H2,1-4H3,(H,19,22)/t13-/m0/s1. The summed E-state index contributed by atoms with van der Waals surface area (Å²) in [5, 5.41) is 3.01. The quantitative estimate of drug-likeness (QED) is 0.906. The summed E-state index contributed by atoms with van der Waals surface area (Å²) in [5.41, 5.74) is 1.11. The summed E-state index contributed by atoms with van der Waals surface area (Å²) in [6, 6.07) is 4.78. The monoisotopic (exact) mass is 304 g/mol. The number of carbonyl (C=O) groups excluding carboxylic acids is 1. The van der Waals surface area contributed by atoms with Gasteiger partial charge in [-0.3, -0.25) is 4.79 Å². The SMILES string of the molecule is CCC(=O)N[C@@H](C)c1ccnc(N2CCC(N(C)C)CC2)c1. The Hall–Kier alpha value is -1.62. The van der Waals surface area contributed by atoms with Crippen LogP contribution in [0.3, 0.4) is 0 Å². The number of hydrogen-bond donors (Lipinski definition) is 1. The zero-order chi connectivity index (χ0) is 16.1. The maximum Gasteiger partial charge on any atom is 0.220 e. The molecule has 5 heteroatoms. The molecule has 1 fully saturated rings. The van der Waals surface area contributed by atoms with E-state index in [-0.39, 0.29) is 11.9 Å². The van der Waals surface area contributed by atoms with E-state index in [0.29, 0.717) is 12.5 Å². The van der Waals surface area contributed by atoms with E-state index in [2.05, 4.69) is 40.3 Å². The van der Waals surface area contributed by atoms with Crippen molar-refractivity contribution in [2.45, 2.75) is 45.2 Å². The Labute approximate surface area is 133 Å². The van der Waals surface area contributed by atoms with E-state index in [1.165, 1.54) is 12.8 Å². The smallest absolute Gasteiger partial charge is 0.220 e. The Morgan fingerprint density at radius 3 is 2.73 bits per heavy atom. The van der Waals surface area contributed by atoms with E-state index < -0.39 is 0 Å². The number of aromatic nitrogens is 1. The van der Waals surface area contributed by atoms with E-state index in [0.717, 1.165) is 24.5 Å². The largest absolute Gasteiger partial charge is 0.356 e. The second kappa shape index (κ2) is 7.58. The molecule has 2 rings (SSSR count). The summed E-state index contributed by atoms with van der Waals surface area (Å²) in [7, 11) is 4.30. The number of carbonyl (C=O) groups is 1. The molecule has 1 aliphatic heterocycles. The molecular weight excluding hydrogens is 276 g/mol. The highest BCUT2D eigenvalue weighted by Crippen LogP contribution is 2.22. The predicted molar refractivity (Wildman–Crippen MR) is 90.0 cm³/mol. The molecule has 5 nitrogen and oxygen atoms in total. The molecule has 1 N–H and O–H groups in total. The molecule has 0 saturated carbocycles. The molecule has 1 aromatic heterocycles. The number of pyridine rings is 1. The maximum absolute atomic E-state index is 11.5. The molecule has 1 atom stereocenters. The first-order valence-corrected chi connectivity index (χ1v) is 8.18. The number of nitrogens with one attached hydrogen (secondary N) is 1. The van der Waals surface area contributed by atoms with Gasteiger partial charge in [0.05, 0.1) is 6.04 Å². The van der Waals surface area contributed by atoms with Crippen LogP contribution in [0.4, 0.5) is 5.82 Å². The van der Waals surface area contributed by atoms with Crippen LogP contribution >= 0.6 is 0 Å². The van der Waals surface area contributed by atoms with Crippen molar-refractivity contribution in [3.05, 3.63) is 23.9 Å². The van der Waals surface area contributed by atoms with Gasteiger partial charge >= 0.3 is 0 Å². The zero-order valence-electron chi connectivity index (χ0n) is 14.2. The second-order valence-corrected chi connectivity index (χ2v) is 6.27. The van der Waals surface area contributed by atoms with Gasteiger partial charge in [0.1, 0.15) is 5.82 Å². The van der Waals surface area contributed by atoms with Gasteiger partial charge in [-0.25, -0.2) is 4.98 Å². The van der Waals surface area contributed by atoms with Gasteiger partial charge in [-0.15, -0.1) is 0 Å². The Morgan fingerprint density at radius 2 is 2.14 bits per heavy atom. The molecule has 0 spiro atoms. The van der Waals surface area contributed by atoms with Gasteiger partial charge in [-0.05, 0) is 51.6 Å². The van der Waals surface area contributed by atoms with Crippen molar-refractivity contribution < 1.29 is 4.79 Å². The van der Waals surface area contributed by atoms with Gasteiger partial charge in [-0.1, -0.05) is 6.92 Å². The summed E-state index contributed by atoms with van der Waals surface area (Å²) in [5.74, 6) is 1.10. The van der Waals surface area contributed by atoms with Crippen molar-refractivity contribution in [1.29, 1.82) is 0 Å². The molecule has 1 aromatic rings. The molecule has 22 heavy (non-hydrogen) atoms. The summed E-state index contributed by atoms with van der Waals surface area (Å²) in [6.07, 6.45) is 4.69. The number of amides is 1. The van der Waals surface area contributed by atoms with Crippen LogP contribution in [-0.4, -0.2) is 49.0 Å². The molecule has 1 aliphatic rings. The Bertz CT molecular complexity index is 495. The summed E-state index contributed by atoms with van der Waals surface area (Å²) >= 11 is 0. The molecule has 122 valence electrons. The molecule has 0 unspecified atom stereocenters. The van der Waals surface area contributed by atoms with Crippen molar-refractivity contribution in [1.82, 2.24) is 15.2 Å². The molecular formula is C17H28N4O. The Balaban J connectivity index is 2.01. The Kier molecular flexibility index (Phi) is 5.77. The fraction of sp³-hybridized carbons (Fsp3) is 0.647. The van der Waals surface area contributed by atoms with Crippen LogP contribution in [0.25, 0.3) is 0 Å². The first-order chi connectivity index (χ1) is 10.5. The van der Waals surface area contributed by atoms with Gasteiger partial charge in [-0.2, -0.15) is 0 Å². The van der Waals surface area contributed by atoms with Gasteiger partial charge in [0.15, 0.2) is 0 Å². The normalized spacial score (nSPS) is 17.6. The van der Waals surface area contributed by atoms with Crippen LogP contribution in [0.1, 0.15) is 44.7 Å². The first-order valence-electron chi connectivity index (χ1n) is 8.18. The molecule has 2 heterocycles. The lowest BCUT2D eigenvalue weighted by Gasteiger charge is -2.36. The van der Waals surface area contributed by atoms with E-state index in [1.807, 2.05) is 26.1 Å². The van der Waals surface area contributed by atoms with Gasteiger partial charge in [0.25, 0.3) is 0 Å². The van der Waals surface area contributed by atoms with E-state index in [9.17, 15) is 4.79 Å². The second-order valence-electron chi connectivity index (χ2n) is 6.27. The third-order valence-electron chi connectivity index (χ3n) is 4.49. The summed E-state index contributed by atoms with van der Waals surface area (Å²) < 4.78 is 0. The van der Waals surface area contributed by atoms with Crippen LogP contribution in [-0.2, 0) is 4.79 Å². The highest BCUT2D eigenvalue weighted by molar-refractivity contribution is 5.76. The van der Waals surface area contributed by atoms with Crippen molar-refractivity contribution in [3.8, 4) is 0 Å². The number of piperidine rings is 1. The lowest BCUT2D eigenvalue weighted by molar-refractivity contribution is -0.121. The average molecular weight is 304 g/mol. The number of hydrogen-bond acceptors (Lipinski definition) is 4. The molecule has 0 radical (unpaired) electrons. The van der Waals surface area contributed by atoms with Crippen LogP contribution in [0.2, 0.25) is 0 Å². The highest BCUT2D eigenvalue weighted by Gasteiger charge is 2.21. The predicted octanol–water partition coefficient (Wildman–Crippen LogP) is 2.20. The van der Waals surface area contributed by atoms with Gasteiger partial charge in [0, 0.05) is 31.7 Å². The highest BCUT2D eigenvalue weighted by atomic mass is 16.1. The molecule has 1 amide bonds.